The van der Waals surface area contributed by atoms with Crippen LogP contribution in [0, 0.1) is 11.3 Å². The van der Waals surface area contributed by atoms with Crippen LogP contribution in [0.25, 0.3) is 0 Å². The lowest BCUT2D eigenvalue weighted by molar-refractivity contribution is -0.138. The fourth-order valence-corrected chi connectivity index (χ4v) is 2.72. The molecule has 1 unspecified atom stereocenters. The van der Waals surface area contributed by atoms with Crippen LogP contribution in [0.15, 0.2) is 24.7 Å². The summed E-state index contributed by atoms with van der Waals surface area (Å²) in [5.74, 6) is -0.165. The highest BCUT2D eigenvalue weighted by Crippen LogP contribution is 2.21. The molecule has 1 aliphatic heterocycles. The molecular formula is C14H15N7O2. The third-order valence-electron chi connectivity index (χ3n) is 3.86. The van der Waals surface area contributed by atoms with Gasteiger partial charge in [0.15, 0.2) is 5.82 Å². The summed E-state index contributed by atoms with van der Waals surface area (Å²) in [5.41, 5.74) is 5.60. The Morgan fingerprint density at radius 2 is 2.26 bits per heavy atom. The van der Waals surface area contributed by atoms with E-state index in [2.05, 4.69) is 10.2 Å². The fourth-order valence-electron chi connectivity index (χ4n) is 2.72. The lowest BCUT2D eigenvalue weighted by Crippen LogP contribution is -2.43. The molecule has 1 aliphatic rings. The van der Waals surface area contributed by atoms with E-state index in [0.29, 0.717) is 31.2 Å². The lowest BCUT2D eigenvalue weighted by atomic mass is 10.1. The van der Waals surface area contributed by atoms with Crippen molar-refractivity contribution in [1.82, 2.24) is 24.2 Å². The van der Waals surface area contributed by atoms with Gasteiger partial charge in [0.2, 0.25) is 11.8 Å². The topological polar surface area (TPSA) is 123 Å². The molecule has 0 aromatic carbocycles. The Hall–Kier alpha value is -3.15. The number of carbonyl (C=O) groups is 2. The van der Waals surface area contributed by atoms with Crippen LogP contribution in [-0.2, 0) is 22.7 Å². The molecule has 0 fully saturated rings. The second-order valence-electron chi connectivity index (χ2n) is 5.30. The van der Waals surface area contributed by atoms with Gasteiger partial charge in [-0.05, 0) is 12.1 Å². The molecule has 3 rings (SSSR count). The molecule has 2 aromatic rings. The molecule has 9 heteroatoms. The molecule has 118 valence electrons. The van der Waals surface area contributed by atoms with Gasteiger partial charge in [-0.25, -0.2) is 0 Å². The second kappa shape index (κ2) is 5.92. The van der Waals surface area contributed by atoms with Crippen LogP contribution in [0.3, 0.4) is 0 Å². The van der Waals surface area contributed by atoms with Crippen molar-refractivity contribution in [3.05, 3.63) is 36.2 Å². The Morgan fingerprint density at radius 1 is 1.43 bits per heavy atom. The molecular weight excluding hydrogens is 298 g/mol. The van der Waals surface area contributed by atoms with Crippen molar-refractivity contribution in [2.24, 2.45) is 5.73 Å². The van der Waals surface area contributed by atoms with Crippen LogP contribution in [-0.4, -0.2) is 42.6 Å². The summed E-state index contributed by atoms with van der Waals surface area (Å²) in [4.78, 5) is 25.8. The van der Waals surface area contributed by atoms with Gasteiger partial charge < -0.3 is 19.8 Å². The first kappa shape index (κ1) is 14.8. The summed E-state index contributed by atoms with van der Waals surface area (Å²) >= 11 is 0. The Labute approximate surface area is 131 Å². The Bertz CT molecular complexity index is 785. The minimum atomic E-state index is -0.827. The Morgan fingerprint density at radius 3 is 3.00 bits per heavy atom. The average Bonchev–Trinajstić information content (AvgIpc) is 3.19. The van der Waals surface area contributed by atoms with E-state index < -0.39 is 11.9 Å². The first-order valence-corrected chi connectivity index (χ1v) is 7.11. The number of hydrogen-bond donors (Lipinski definition) is 1. The standard InChI is InChI=1S/C14H15N7O2/c15-7-10-2-1-3-21(10)11(6-12(16)22)14(23)19-4-5-20-9-17-18-13(20)8-19/h1-3,9,11H,4-6,8H2,(H2,16,22). The molecule has 23 heavy (non-hydrogen) atoms. The molecule has 9 nitrogen and oxygen atoms in total. The summed E-state index contributed by atoms with van der Waals surface area (Å²) in [6, 6.07) is 4.44. The van der Waals surface area contributed by atoms with Crippen molar-refractivity contribution in [3.8, 4) is 6.07 Å². The number of nitrogens with two attached hydrogens (primary N) is 1. The van der Waals surface area contributed by atoms with Crippen LogP contribution >= 0.6 is 0 Å². The summed E-state index contributed by atoms with van der Waals surface area (Å²) in [7, 11) is 0. The van der Waals surface area contributed by atoms with Crippen LogP contribution in [0.4, 0.5) is 0 Å². The van der Waals surface area contributed by atoms with E-state index in [1.54, 1.807) is 29.6 Å². The highest BCUT2D eigenvalue weighted by Gasteiger charge is 2.31. The molecule has 2 aromatic heterocycles. The van der Waals surface area contributed by atoms with Gasteiger partial charge in [0.05, 0.1) is 13.0 Å². The van der Waals surface area contributed by atoms with E-state index in [4.69, 9.17) is 11.0 Å². The maximum Gasteiger partial charge on any atom is 0.246 e. The summed E-state index contributed by atoms with van der Waals surface area (Å²) < 4.78 is 3.37. The largest absolute Gasteiger partial charge is 0.370 e. The van der Waals surface area contributed by atoms with Crippen LogP contribution in [0.1, 0.15) is 24.0 Å². The number of hydrogen-bond acceptors (Lipinski definition) is 5. The highest BCUT2D eigenvalue weighted by molar-refractivity contribution is 5.86. The Balaban J connectivity index is 1.87. The molecule has 3 heterocycles. The smallest absolute Gasteiger partial charge is 0.246 e. The number of primary amides is 1. The SMILES string of the molecule is N#Cc1cccn1C(CC(N)=O)C(=O)N1CCn2cnnc2C1. The quantitative estimate of drug-likeness (QED) is 0.808. The zero-order valence-electron chi connectivity index (χ0n) is 12.3. The molecule has 0 saturated carbocycles. The fraction of sp³-hybridized carbons (Fsp3) is 0.357. The number of fused-ring (bicyclic) bond motifs is 1. The van der Waals surface area contributed by atoms with E-state index in [-0.39, 0.29) is 12.3 Å². The normalized spacial score (nSPS) is 14.8. The number of nitrogens with zero attached hydrogens (tertiary/aromatic N) is 6. The zero-order valence-corrected chi connectivity index (χ0v) is 12.3. The van der Waals surface area contributed by atoms with Crippen molar-refractivity contribution in [2.45, 2.75) is 25.6 Å². The molecule has 0 saturated heterocycles. The molecule has 1 atom stereocenters. The van der Waals surface area contributed by atoms with Crippen molar-refractivity contribution in [2.75, 3.05) is 6.54 Å². The summed E-state index contributed by atoms with van der Waals surface area (Å²) in [6.45, 7) is 1.40. The molecule has 0 radical (unpaired) electrons. The summed E-state index contributed by atoms with van der Waals surface area (Å²) in [5, 5.41) is 16.9. The van der Waals surface area contributed by atoms with E-state index in [0.717, 1.165) is 0 Å². The van der Waals surface area contributed by atoms with Crippen LogP contribution in [0.5, 0.6) is 0 Å². The lowest BCUT2D eigenvalue weighted by Gasteiger charge is -2.31. The predicted molar refractivity (Wildman–Crippen MR) is 77.4 cm³/mol. The molecule has 0 aliphatic carbocycles. The minimum Gasteiger partial charge on any atom is -0.370 e. The van der Waals surface area contributed by atoms with E-state index in [9.17, 15) is 9.59 Å². The molecule has 0 bridgehead atoms. The second-order valence-corrected chi connectivity index (χ2v) is 5.30. The van der Waals surface area contributed by atoms with Gasteiger partial charge in [0.1, 0.15) is 24.1 Å². The number of rotatable bonds is 4. The highest BCUT2D eigenvalue weighted by atomic mass is 16.2. The maximum absolute atomic E-state index is 12.9. The first-order chi connectivity index (χ1) is 11.1. The minimum absolute atomic E-state index is 0.161. The van der Waals surface area contributed by atoms with Crippen molar-refractivity contribution in [1.29, 1.82) is 5.26 Å². The van der Waals surface area contributed by atoms with Gasteiger partial charge in [-0.15, -0.1) is 10.2 Å². The molecule has 2 amide bonds. The number of aromatic nitrogens is 4. The van der Waals surface area contributed by atoms with Crippen molar-refractivity contribution in [3.63, 3.8) is 0 Å². The maximum atomic E-state index is 12.9. The van der Waals surface area contributed by atoms with Gasteiger partial charge >= 0.3 is 0 Å². The van der Waals surface area contributed by atoms with Crippen molar-refractivity contribution >= 4 is 11.8 Å². The van der Waals surface area contributed by atoms with Crippen LogP contribution < -0.4 is 5.73 Å². The van der Waals surface area contributed by atoms with E-state index in [1.807, 2.05) is 10.6 Å². The predicted octanol–water partition coefficient (Wildman–Crippen LogP) is -0.590. The van der Waals surface area contributed by atoms with Crippen LogP contribution in [0.2, 0.25) is 0 Å². The third-order valence-corrected chi connectivity index (χ3v) is 3.86. The third kappa shape index (κ3) is 2.78. The number of carbonyl (C=O) groups excluding carboxylic acids is 2. The van der Waals surface area contributed by atoms with Gasteiger partial charge in [0, 0.05) is 19.3 Å². The first-order valence-electron chi connectivity index (χ1n) is 7.11. The van der Waals surface area contributed by atoms with Gasteiger partial charge in [-0.3, -0.25) is 9.59 Å². The number of amides is 2. The zero-order chi connectivity index (χ0) is 16.4. The van der Waals surface area contributed by atoms with Crippen molar-refractivity contribution < 1.29 is 9.59 Å². The van der Waals surface area contributed by atoms with E-state index in [1.165, 1.54) is 4.57 Å². The molecule has 2 N–H and O–H groups in total. The average molecular weight is 313 g/mol. The van der Waals surface area contributed by atoms with Gasteiger partial charge in [-0.2, -0.15) is 5.26 Å². The monoisotopic (exact) mass is 313 g/mol. The number of nitriles is 1. The molecule has 0 spiro atoms. The summed E-state index contributed by atoms with van der Waals surface area (Å²) in [6.07, 6.45) is 3.07. The van der Waals surface area contributed by atoms with Gasteiger partial charge in [-0.1, -0.05) is 0 Å². The Kier molecular flexibility index (Phi) is 3.80. The van der Waals surface area contributed by atoms with E-state index >= 15 is 0 Å². The van der Waals surface area contributed by atoms with Gasteiger partial charge in [0.25, 0.3) is 0 Å².